The molecule has 1 saturated heterocycles. The largest absolute Gasteiger partial charge is 0.490 e. The number of halogens is 1. The Balaban J connectivity index is 1.35. The minimum atomic E-state index is 0.00567. The van der Waals surface area contributed by atoms with Crippen molar-refractivity contribution in [2.75, 3.05) is 26.3 Å². The summed E-state index contributed by atoms with van der Waals surface area (Å²) in [5.41, 5.74) is 4.86. The lowest BCUT2D eigenvalue weighted by Gasteiger charge is -2.28. The van der Waals surface area contributed by atoms with Crippen molar-refractivity contribution in [3.63, 3.8) is 0 Å². The number of carbonyl (C=O) groups is 1. The van der Waals surface area contributed by atoms with Crippen molar-refractivity contribution in [3.05, 3.63) is 57.3 Å². The molecule has 0 radical (unpaired) electrons. The molecule has 0 spiro atoms. The Hall–Kier alpha value is -2.17. The van der Waals surface area contributed by atoms with E-state index in [1.54, 1.807) is 11.3 Å². The Bertz CT molecular complexity index is 1190. The van der Waals surface area contributed by atoms with Crippen molar-refractivity contribution >= 4 is 40.0 Å². The van der Waals surface area contributed by atoms with Gasteiger partial charge in [-0.05, 0) is 84.2 Å². The van der Waals surface area contributed by atoms with E-state index in [0.717, 1.165) is 37.6 Å². The second kappa shape index (κ2) is 10.2. The van der Waals surface area contributed by atoms with Crippen LogP contribution in [0.3, 0.4) is 0 Å². The predicted octanol–water partition coefficient (Wildman–Crippen LogP) is 5.90. The van der Waals surface area contributed by atoms with Gasteiger partial charge in [0.15, 0.2) is 0 Å². The van der Waals surface area contributed by atoms with Gasteiger partial charge in [0.2, 0.25) is 0 Å². The average molecular weight is 589 g/mol. The van der Waals surface area contributed by atoms with E-state index in [-0.39, 0.29) is 18.2 Å². The van der Waals surface area contributed by atoms with Gasteiger partial charge in [-0.15, -0.1) is 11.3 Å². The number of morpholine rings is 1. The molecule has 1 aliphatic heterocycles. The van der Waals surface area contributed by atoms with Gasteiger partial charge < -0.3 is 19.7 Å². The molecule has 8 heteroatoms. The molecule has 1 aromatic heterocycles. The third kappa shape index (κ3) is 4.94. The molecule has 0 saturated carbocycles. The van der Waals surface area contributed by atoms with Crippen LogP contribution in [-0.2, 0) is 11.2 Å². The summed E-state index contributed by atoms with van der Waals surface area (Å²) in [5, 5.41) is 4.24. The van der Waals surface area contributed by atoms with E-state index in [0.29, 0.717) is 26.3 Å². The molecule has 1 N–H and O–H groups in total. The molecular formula is C26H28IN3O3S. The fraction of sp³-hybridized carbons (Fsp3) is 0.385. The molecule has 1 aliphatic carbocycles. The van der Waals surface area contributed by atoms with Crippen LogP contribution in [0.1, 0.15) is 37.4 Å². The number of carbonyl (C=O) groups excluding carboxylic acids is 1. The Morgan fingerprint density at radius 1 is 1.26 bits per heavy atom. The molecule has 1 atom stereocenters. The number of ether oxygens (including phenoxy) is 2. The zero-order chi connectivity index (χ0) is 23.7. The number of hydrogen-bond acceptors (Lipinski definition) is 5. The first-order valence-electron chi connectivity index (χ1n) is 11.7. The van der Waals surface area contributed by atoms with Crippen LogP contribution in [0.25, 0.3) is 21.0 Å². The van der Waals surface area contributed by atoms with Crippen molar-refractivity contribution in [3.8, 4) is 26.8 Å². The van der Waals surface area contributed by atoms with Crippen LogP contribution in [0.2, 0.25) is 0 Å². The molecule has 2 aromatic carbocycles. The molecule has 0 bridgehead atoms. The van der Waals surface area contributed by atoms with Gasteiger partial charge in [0.05, 0.1) is 33.8 Å². The van der Waals surface area contributed by atoms with E-state index in [1.165, 1.54) is 16.7 Å². The van der Waals surface area contributed by atoms with Gasteiger partial charge in [-0.25, -0.2) is 9.78 Å². The monoisotopic (exact) mass is 589 g/mol. The van der Waals surface area contributed by atoms with E-state index < -0.39 is 0 Å². The first-order chi connectivity index (χ1) is 16.5. The van der Waals surface area contributed by atoms with E-state index in [9.17, 15) is 4.79 Å². The maximum absolute atomic E-state index is 12.7. The topological polar surface area (TPSA) is 63.7 Å². The Kier molecular flexibility index (Phi) is 7.08. The lowest BCUT2D eigenvalue weighted by atomic mass is 10.0. The molecule has 3 aromatic rings. The molecular weight excluding hydrogens is 561 g/mol. The molecule has 2 amide bonds. The summed E-state index contributed by atoms with van der Waals surface area (Å²) in [6.07, 6.45) is 3.99. The Labute approximate surface area is 217 Å². The number of rotatable bonds is 5. The maximum Gasteiger partial charge on any atom is 0.318 e. The highest BCUT2D eigenvalue weighted by molar-refractivity contribution is 14.1. The van der Waals surface area contributed by atoms with Crippen molar-refractivity contribution in [2.45, 2.75) is 38.8 Å². The summed E-state index contributed by atoms with van der Waals surface area (Å²) in [6.45, 7) is 6.59. The molecule has 34 heavy (non-hydrogen) atoms. The van der Waals surface area contributed by atoms with Crippen LogP contribution < -0.4 is 10.1 Å². The van der Waals surface area contributed by atoms with Crippen molar-refractivity contribution in [1.29, 1.82) is 0 Å². The number of benzene rings is 2. The zero-order valence-corrected chi connectivity index (χ0v) is 22.3. The fourth-order valence-electron chi connectivity index (χ4n) is 4.56. The summed E-state index contributed by atoms with van der Waals surface area (Å²) in [7, 11) is 0. The molecule has 0 unspecified atom stereocenters. The van der Waals surface area contributed by atoms with Crippen LogP contribution in [0.5, 0.6) is 5.75 Å². The third-order valence-electron chi connectivity index (χ3n) is 6.18. The van der Waals surface area contributed by atoms with Crippen LogP contribution in [0, 0.1) is 3.57 Å². The van der Waals surface area contributed by atoms with Gasteiger partial charge in [-0.3, -0.25) is 0 Å². The van der Waals surface area contributed by atoms with E-state index in [2.05, 4.69) is 58.2 Å². The second-order valence-electron chi connectivity index (χ2n) is 8.85. The van der Waals surface area contributed by atoms with Gasteiger partial charge in [0, 0.05) is 24.8 Å². The van der Waals surface area contributed by atoms with Crippen LogP contribution in [0.15, 0.2) is 42.6 Å². The molecule has 6 nitrogen and oxygen atoms in total. The molecule has 178 valence electrons. The van der Waals surface area contributed by atoms with Crippen LogP contribution in [0.4, 0.5) is 4.79 Å². The minimum absolute atomic E-state index is 0.00567. The second-order valence-corrected chi connectivity index (χ2v) is 11.0. The minimum Gasteiger partial charge on any atom is -0.490 e. The van der Waals surface area contributed by atoms with Gasteiger partial charge >= 0.3 is 6.03 Å². The number of hydrogen-bond donors (Lipinski definition) is 1. The highest BCUT2D eigenvalue weighted by atomic mass is 127. The fourth-order valence-corrected chi connectivity index (χ4v) is 6.16. The Morgan fingerprint density at radius 2 is 2.09 bits per heavy atom. The summed E-state index contributed by atoms with van der Waals surface area (Å²) < 4.78 is 12.3. The van der Waals surface area contributed by atoms with E-state index in [4.69, 9.17) is 14.5 Å². The summed E-state index contributed by atoms with van der Waals surface area (Å²) >= 11 is 4.03. The molecule has 2 heterocycles. The normalized spacial score (nSPS) is 17.6. The number of nitrogens with one attached hydrogen (secondary N) is 1. The first-order valence-corrected chi connectivity index (χ1v) is 13.6. The maximum atomic E-state index is 12.7. The highest BCUT2D eigenvalue weighted by Gasteiger charge is 2.28. The highest BCUT2D eigenvalue weighted by Crippen LogP contribution is 2.41. The summed E-state index contributed by atoms with van der Waals surface area (Å²) in [5.74, 6) is 0.905. The van der Waals surface area contributed by atoms with Crippen LogP contribution >= 0.6 is 33.9 Å². The number of amides is 2. The first kappa shape index (κ1) is 23.6. The zero-order valence-electron chi connectivity index (χ0n) is 19.3. The van der Waals surface area contributed by atoms with Gasteiger partial charge in [-0.2, -0.15) is 0 Å². The number of thiazole rings is 1. The van der Waals surface area contributed by atoms with Crippen molar-refractivity contribution in [1.82, 2.24) is 15.2 Å². The smallest absolute Gasteiger partial charge is 0.318 e. The lowest BCUT2D eigenvalue weighted by molar-refractivity contribution is 0.0525. The van der Waals surface area contributed by atoms with Crippen molar-refractivity contribution in [2.24, 2.45) is 0 Å². The number of aromatic nitrogens is 1. The lowest BCUT2D eigenvalue weighted by Crippen LogP contribution is -2.46. The molecule has 5 rings (SSSR count). The molecule has 2 aliphatic rings. The third-order valence-corrected chi connectivity index (χ3v) is 8.10. The van der Waals surface area contributed by atoms with E-state index in [1.807, 2.05) is 31.0 Å². The predicted molar refractivity (Wildman–Crippen MR) is 143 cm³/mol. The Morgan fingerprint density at radius 3 is 2.85 bits per heavy atom. The van der Waals surface area contributed by atoms with Gasteiger partial charge in [0.1, 0.15) is 10.8 Å². The van der Waals surface area contributed by atoms with E-state index >= 15 is 0 Å². The number of urea groups is 1. The summed E-state index contributed by atoms with van der Waals surface area (Å²) in [4.78, 5) is 20.5. The standard InChI is InChI=1S/C26H28IN3O3S/c1-16(2)33-23-9-6-17(14-21(23)27)25-28-15-24(34-25)20-5-3-4-19-18(20)7-8-22(19)29-26(31)30-10-12-32-13-11-30/h3-6,9,14-16,22H,7-8,10-13H2,1-2H3,(H,29,31)/t22-/m0/s1. The number of nitrogens with zero attached hydrogens (tertiary/aromatic N) is 2. The molecule has 1 fully saturated rings. The average Bonchev–Trinajstić information content (AvgIpc) is 3.48. The summed E-state index contributed by atoms with van der Waals surface area (Å²) in [6, 6.07) is 12.7. The SMILES string of the molecule is CC(C)Oc1ccc(-c2ncc(-c3cccc4c3CC[C@@H]4NC(=O)N3CCOCC3)s2)cc1I. The van der Waals surface area contributed by atoms with Crippen molar-refractivity contribution < 1.29 is 14.3 Å². The number of fused-ring (bicyclic) bond motifs is 1. The van der Waals surface area contributed by atoms with Gasteiger partial charge in [-0.1, -0.05) is 18.2 Å². The quantitative estimate of drug-likeness (QED) is 0.377. The van der Waals surface area contributed by atoms with Gasteiger partial charge in [0.25, 0.3) is 0 Å². The van der Waals surface area contributed by atoms with Crippen LogP contribution in [-0.4, -0.2) is 48.3 Å².